The monoisotopic (exact) mass is 323 g/mol. The van der Waals surface area contributed by atoms with Crippen LogP contribution >= 0.6 is 27.3 Å². The molecule has 0 N–H and O–H groups in total. The van der Waals surface area contributed by atoms with Gasteiger partial charge in [-0.1, -0.05) is 54.2 Å². The highest BCUT2D eigenvalue weighted by Crippen LogP contribution is 2.25. The van der Waals surface area contributed by atoms with Crippen molar-refractivity contribution in [3.63, 3.8) is 0 Å². The van der Waals surface area contributed by atoms with Crippen molar-refractivity contribution >= 4 is 27.3 Å². The van der Waals surface area contributed by atoms with Gasteiger partial charge in [-0.05, 0) is 25.0 Å². The van der Waals surface area contributed by atoms with Gasteiger partial charge in [-0.15, -0.1) is 11.3 Å². The Morgan fingerprint density at radius 1 is 1.11 bits per heavy atom. The van der Waals surface area contributed by atoms with Crippen LogP contribution in [0.2, 0.25) is 0 Å². The number of aryl methyl sites for hydroxylation is 1. The SMILES string of the molecule is CCCCCCc1csc(-c2ccc(Br)cc2)n1. The number of nitrogens with zero attached hydrogens (tertiary/aromatic N) is 1. The Hall–Kier alpha value is -0.670. The van der Waals surface area contributed by atoms with Crippen LogP contribution in [0.4, 0.5) is 0 Å². The van der Waals surface area contributed by atoms with Crippen molar-refractivity contribution in [2.75, 3.05) is 0 Å². The highest BCUT2D eigenvalue weighted by atomic mass is 79.9. The van der Waals surface area contributed by atoms with Crippen LogP contribution in [0.25, 0.3) is 10.6 Å². The molecule has 0 atom stereocenters. The number of hydrogen-bond donors (Lipinski definition) is 0. The second-order valence-corrected chi connectivity index (χ2v) is 6.24. The highest BCUT2D eigenvalue weighted by molar-refractivity contribution is 9.10. The molecule has 2 rings (SSSR count). The molecule has 0 radical (unpaired) electrons. The van der Waals surface area contributed by atoms with Crippen LogP contribution < -0.4 is 0 Å². The molecule has 0 spiro atoms. The van der Waals surface area contributed by atoms with E-state index in [4.69, 9.17) is 4.98 Å². The fraction of sp³-hybridized carbons (Fsp3) is 0.400. The molecule has 96 valence electrons. The molecule has 18 heavy (non-hydrogen) atoms. The third kappa shape index (κ3) is 3.92. The van der Waals surface area contributed by atoms with Gasteiger partial charge in [0.2, 0.25) is 0 Å². The molecule has 1 aromatic carbocycles. The molecule has 0 saturated carbocycles. The number of aromatic nitrogens is 1. The summed E-state index contributed by atoms with van der Waals surface area (Å²) < 4.78 is 1.11. The summed E-state index contributed by atoms with van der Waals surface area (Å²) in [5.41, 5.74) is 2.46. The number of hydrogen-bond acceptors (Lipinski definition) is 2. The topological polar surface area (TPSA) is 12.9 Å². The molecule has 0 aliphatic rings. The standard InChI is InChI=1S/C15H18BrNS/c1-2-3-4-5-6-14-11-18-15(17-14)12-7-9-13(16)10-8-12/h7-11H,2-6H2,1H3. The summed E-state index contributed by atoms with van der Waals surface area (Å²) in [5, 5.41) is 3.33. The molecule has 0 aliphatic heterocycles. The van der Waals surface area contributed by atoms with E-state index in [-0.39, 0.29) is 0 Å². The Bertz CT molecular complexity index is 475. The van der Waals surface area contributed by atoms with Gasteiger partial charge >= 0.3 is 0 Å². The van der Waals surface area contributed by atoms with Crippen LogP contribution in [0.3, 0.4) is 0 Å². The Balaban J connectivity index is 1.95. The summed E-state index contributed by atoms with van der Waals surface area (Å²) in [6.07, 6.45) is 6.33. The van der Waals surface area contributed by atoms with E-state index in [0.717, 1.165) is 15.9 Å². The molecular weight excluding hydrogens is 306 g/mol. The molecule has 2 aromatic rings. The number of halogens is 1. The zero-order chi connectivity index (χ0) is 12.8. The predicted molar refractivity (Wildman–Crippen MR) is 83.1 cm³/mol. The van der Waals surface area contributed by atoms with Gasteiger partial charge in [0.15, 0.2) is 0 Å². The summed E-state index contributed by atoms with van der Waals surface area (Å²) in [5.74, 6) is 0. The van der Waals surface area contributed by atoms with E-state index in [1.165, 1.54) is 36.9 Å². The lowest BCUT2D eigenvalue weighted by atomic mass is 10.1. The molecule has 0 amide bonds. The second kappa shape index (κ2) is 7.05. The minimum Gasteiger partial charge on any atom is -0.241 e. The molecule has 0 unspecified atom stereocenters. The summed E-state index contributed by atoms with van der Waals surface area (Å²) in [6, 6.07) is 8.36. The molecule has 1 heterocycles. The van der Waals surface area contributed by atoms with Gasteiger partial charge in [0.25, 0.3) is 0 Å². The Morgan fingerprint density at radius 2 is 1.89 bits per heavy atom. The van der Waals surface area contributed by atoms with Crippen LogP contribution in [-0.4, -0.2) is 4.98 Å². The van der Waals surface area contributed by atoms with Crippen molar-refractivity contribution in [2.45, 2.75) is 39.0 Å². The van der Waals surface area contributed by atoms with E-state index < -0.39 is 0 Å². The molecule has 0 fully saturated rings. The van der Waals surface area contributed by atoms with Crippen molar-refractivity contribution in [3.8, 4) is 10.6 Å². The lowest BCUT2D eigenvalue weighted by Gasteiger charge is -1.97. The van der Waals surface area contributed by atoms with Crippen molar-refractivity contribution in [2.24, 2.45) is 0 Å². The Kier molecular flexibility index (Phi) is 5.39. The van der Waals surface area contributed by atoms with E-state index in [0.29, 0.717) is 0 Å². The van der Waals surface area contributed by atoms with Gasteiger partial charge in [-0.25, -0.2) is 4.98 Å². The summed E-state index contributed by atoms with van der Waals surface area (Å²) in [4.78, 5) is 4.71. The molecule has 0 bridgehead atoms. The average molecular weight is 324 g/mol. The van der Waals surface area contributed by atoms with Crippen molar-refractivity contribution in [1.29, 1.82) is 0 Å². The molecule has 1 aromatic heterocycles. The van der Waals surface area contributed by atoms with E-state index >= 15 is 0 Å². The maximum atomic E-state index is 4.71. The summed E-state index contributed by atoms with van der Waals surface area (Å²) in [7, 11) is 0. The first-order valence-corrected chi connectivity index (χ1v) is 8.17. The van der Waals surface area contributed by atoms with Crippen LogP contribution in [0, 0.1) is 0 Å². The van der Waals surface area contributed by atoms with E-state index in [1.54, 1.807) is 11.3 Å². The average Bonchev–Trinajstić information content (AvgIpc) is 2.84. The van der Waals surface area contributed by atoms with Gasteiger partial charge in [-0.3, -0.25) is 0 Å². The fourth-order valence-electron chi connectivity index (χ4n) is 1.88. The molecule has 0 saturated heterocycles. The number of thiazole rings is 1. The predicted octanol–water partition coefficient (Wildman–Crippen LogP) is 5.70. The minimum atomic E-state index is 1.11. The summed E-state index contributed by atoms with van der Waals surface area (Å²) >= 11 is 5.20. The smallest absolute Gasteiger partial charge is 0.123 e. The summed E-state index contributed by atoms with van der Waals surface area (Å²) in [6.45, 7) is 2.24. The van der Waals surface area contributed by atoms with Gasteiger partial charge in [0, 0.05) is 15.4 Å². The quantitative estimate of drug-likeness (QED) is 0.622. The largest absolute Gasteiger partial charge is 0.241 e. The van der Waals surface area contributed by atoms with E-state index in [1.807, 2.05) is 0 Å². The Labute approximate surface area is 121 Å². The van der Waals surface area contributed by atoms with Gasteiger partial charge < -0.3 is 0 Å². The molecule has 1 nitrogen and oxygen atoms in total. The zero-order valence-electron chi connectivity index (χ0n) is 10.7. The highest BCUT2D eigenvalue weighted by Gasteiger charge is 2.04. The molecule has 3 heteroatoms. The van der Waals surface area contributed by atoms with Crippen molar-refractivity contribution < 1.29 is 0 Å². The first kappa shape index (κ1) is 13.8. The van der Waals surface area contributed by atoms with Crippen LogP contribution in [0.1, 0.15) is 38.3 Å². The van der Waals surface area contributed by atoms with E-state index in [2.05, 4.69) is 52.5 Å². The van der Waals surface area contributed by atoms with Gasteiger partial charge in [-0.2, -0.15) is 0 Å². The number of benzene rings is 1. The third-order valence-electron chi connectivity index (χ3n) is 2.93. The van der Waals surface area contributed by atoms with Crippen LogP contribution in [0.15, 0.2) is 34.1 Å². The number of unbranched alkanes of at least 4 members (excludes halogenated alkanes) is 3. The van der Waals surface area contributed by atoms with Gasteiger partial charge in [0.1, 0.15) is 5.01 Å². The van der Waals surface area contributed by atoms with Crippen molar-refractivity contribution in [3.05, 3.63) is 39.8 Å². The second-order valence-electron chi connectivity index (χ2n) is 4.46. The van der Waals surface area contributed by atoms with Crippen LogP contribution in [0.5, 0.6) is 0 Å². The fourth-order valence-corrected chi connectivity index (χ4v) is 3.00. The lowest BCUT2D eigenvalue weighted by Crippen LogP contribution is -1.86. The Morgan fingerprint density at radius 3 is 2.61 bits per heavy atom. The molecule has 0 aliphatic carbocycles. The van der Waals surface area contributed by atoms with E-state index in [9.17, 15) is 0 Å². The molecular formula is C15H18BrNS. The number of rotatable bonds is 6. The lowest BCUT2D eigenvalue weighted by molar-refractivity contribution is 0.662. The van der Waals surface area contributed by atoms with Gasteiger partial charge in [0.05, 0.1) is 5.69 Å². The third-order valence-corrected chi connectivity index (χ3v) is 4.40. The maximum Gasteiger partial charge on any atom is 0.123 e. The minimum absolute atomic E-state index is 1.11. The first-order chi connectivity index (χ1) is 8.79. The normalized spacial score (nSPS) is 10.8. The maximum absolute atomic E-state index is 4.71. The zero-order valence-corrected chi connectivity index (χ0v) is 13.1. The van der Waals surface area contributed by atoms with Crippen molar-refractivity contribution in [1.82, 2.24) is 4.98 Å². The first-order valence-electron chi connectivity index (χ1n) is 6.50. The van der Waals surface area contributed by atoms with Crippen LogP contribution in [-0.2, 0) is 6.42 Å².